The molecule has 0 bridgehead atoms. The van der Waals surface area contributed by atoms with Crippen LogP contribution in [0.15, 0.2) is 17.1 Å². The predicted molar refractivity (Wildman–Crippen MR) is 74.0 cm³/mol. The molecule has 1 fully saturated rings. The maximum Gasteiger partial charge on any atom is 0.286 e. The van der Waals surface area contributed by atoms with Gasteiger partial charge in [-0.2, -0.15) is 0 Å². The number of rotatable bonds is 4. The van der Waals surface area contributed by atoms with E-state index in [1.807, 2.05) is 0 Å². The first-order chi connectivity index (χ1) is 10.0. The molecular formula is C13H17N3O5. The van der Waals surface area contributed by atoms with E-state index in [-0.39, 0.29) is 29.8 Å². The zero-order chi connectivity index (χ0) is 15.4. The normalized spacial score (nSPS) is 21.8. The van der Waals surface area contributed by atoms with Crippen molar-refractivity contribution in [3.63, 3.8) is 0 Å². The summed E-state index contributed by atoms with van der Waals surface area (Å²) >= 11 is 0. The van der Waals surface area contributed by atoms with Crippen molar-refractivity contribution in [2.24, 2.45) is 5.92 Å². The van der Waals surface area contributed by atoms with E-state index in [4.69, 9.17) is 0 Å². The second kappa shape index (κ2) is 6.49. The number of nitrogens with one attached hydrogen (secondary N) is 2. The second-order valence-corrected chi connectivity index (χ2v) is 5.16. The van der Waals surface area contributed by atoms with E-state index in [9.17, 15) is 24.8 Å². The van der Waals surface area contributed by atoms with Crippen LogP contribution < -0.4 is 10.9 Å². The van der Waals surface area contributed by atoms with Crippen LogP contribution in [0, 0.1) is 16.0 Å². The van der Waals surface area contributed by atoms with Crippen LogP contribution in [0.4, 0.5) is 5.69 Å². The Morgan fingerprint density at radius 3 is 2.86 bits per heavy atom. The fourth-order valence-corrected chi connectivity index (χ4v) is 2.61. The highest BCUT2D eigenvalue weighted by molar-refractivity contribution is 5.94. The van der Waals surface area contributed by atoms with Gasteiger partial charge in [-0.05, 0) is 12.8 Å². The first kappa shape index (κ1) is 15.2. The number of hydrogen-bond acceptors (Lipinski definition) is 5. The fraction of sp³-hybridized carbons (Fsp3) is 0.538. The number of nitro groups is 1. The molecule has 0 aromatic carbocycles. The number of amides is 1. The third kappa shape index (κ3) is 3.46. The predicted octanol–water partition coefficient (Wildman–Crippen LogP) is 0.564. The average molecular weight is 295 g/mol. The standard InChI is InChI=1S/C13H17N3O5/c17-7-8-3-1-2-4-11(8)15-13(19)10-5-9(16(20)21)6-14-12(10)18/h5-6,8,11,17H,1-4,7H2,(H,14,18)(H,15,19). The van der Waals surface area contributed by atoms with Gasteiger partial charge >= 0.3 is 0 Å². The molecule has 1 aromatic rings. The van der Waals surface area contributed by atoms with Gasteiger partial charge in [-0.25, -0.2) is 0 Å². The lowest BCUT2D eigenvalue weighted by atomic mass is 9.85. The van der Waals surface area contributed by atoms with Gasteiger partial charge < -0.3 is 15.4 Å². The molecule has 0 aliphatic heterocycles. The molecule has 1 amide bonds. The number of nitrogens with zero attached hydrogens (tertiary/aromatic N) is 1. The van der Waals surface area contributed by atoms with E-state index in [0.717, 1.165) is 37.9 Å². The van der Waals surface area contributed by atoms with Crippen LogP contribution in [-0.2, 0) is 0 Å². The van der Waals surface area contributed by atoms with Gasteiger partial charge in [-0.1, -0.05) is 12.8 Å². The van der Waals surface area contributed by atoms with Crippen LogP contribution in [0.3, 0.4) is 0 Å². The molecule has 3 N–H and O–H groups in total. The molecule has 0 saturated heterocycles. The average Bonchev–Trinajstić information content (AvgIpc) is 2.47. The minimum Gasteiger partial charge on any atom is -0.396 e. The molecule has 8 heteroatoms. The molecule has 8 nitrogen and oxygen atoms in total. The number of hydrogen-bond donors (Lipinski definition) is 3. The number of aromatic nitrogens is 1. The number of carbonyl (C=O) groups is 1. The number of aliphatic hydroxyl groups excluding tert-OH is 1. The summed E-state index contributed by atoms with van der Waals surface area (Å²) in [6, 6.07) is 0.750. The summed E-state index contributed by atoms with van der Waals surface area (Å²) in [6.07, 6.45) is 4.43. The molecule has 2 rings (SSSR count). The number of carbonyl (C=O) groups excluding carboxylic acids is 1. The van der Waals surface area contributed by atoms with Crippen molar-refractivity contribution in [2.75, 3.05) is 6.61 Å². The van der Waals surface area contributed by atoms with Gasteiger partial charge in [0.25, 0.3) is 17.2 Å². The number of H-pyrrole nitrogens is 1. The molecule has 0 radical (unpaired) electrons. The molecule has 1 heterocycles. The second-order valence-electron chi connectivity index (χ2n) is 5.16. The van der Waals surface area contributed by atoms with Crippen molar-refractivity contribution in [3.8, 4) is 0 Å². The Labute approximate surface area is 120 Å². The van der Waals surface area contributed by atoms with Gasteiger partial charge in [0.15, 0.2) is 0 Å². The lowest BCUT2D eigenvalue weighted by Crippen LogP contribution is -2.44. The lowest BCUT2D eigenvalue weighted by molar-refractivity contribution is -0.385. The van der Waals surface area contributed by atoms with Gasteiger partial charge in [0.2, 0.25) is 0 Å². The maximum atomic E-state index is 12.1. The number of aliphatic hydroxyl groups is 1. The summed E-state index contributed by atoms with van der Waals surface area (Å²) in [6.45, 7) is -0.0315. The molecule has 114 valence electrons. The highest BCUT2D eigenvalue weighted by Crippen LogP contribution is 2.24. The molecule has 1 aliphatic rings. The zero-order valence-corrected chi connectivity index (χ0v) is 11.4. The highest BCUT2D eigenvalue weighted by Gasteiger charge is 2.27. The summed E-state index contributed by atoms with van der Waals surface area (Å²) in [4.78, 5) is 36.0. The zero-order valence-electron chi connectivity index (χ0n) is 11.4. The minimum absolute atomic E-state index is 0.0315. The molecule has 0 spiro atoms. The van der Waals surface area contributed by atoms with Gasteiger partial charge in [0.05, 0.1) is 11.1 Å². The van der Waals surface area contributed by atoms with Crippen molar-refractivity contribution in [1.29, 1.82) is 0 Å². The summed E-state index contributed by atoms with van der Waals surface area (Å²) < 4.78 is 0. The molecule has 1 aromatic heterocycles. The molecule has 1 aliphatic carbocycles. The van der Waals surface area contributed by atoms with E-state index in [1.165, 1.54) is 0 Å². The SMILES string of the molecule is O=C(NC1CCCCC1CO)c1cc([N+](=O)[O-])c[nH]c1=O. The number of pyridine rings is 1. The first-order valence-electron chi connectivity index (χ1n) is 6.81. The monoisotopic (exact) mass is 295 g/mol. The summed E-state index contributed by atoms with van der Waals surface area (Å²) in [5.74, 6) is -0.689. The van der Waals surface area contributed by atoms with E-state index in [2.05, 4.69) is 10.3 Å². The first-order valence-corrected chi connectivity index (χ1v) is 6.81. The molecule has 2 unspecified atom stereocenters. The van der Waals surface area contributed by atoms with Crippen LogP contribution >= 0.6 is 0 Å². The van der Waals surface area contributed by atoms with Gasteiger partial charge in [-0.15, -0.1) is 0 Å². The van der Waals surface area contributed by atoms with Crippen LogP contribution in [0.2, 0.25) is 0 Å². The highest BCUT2D eigenvalue weighted by atomic mass is 16.6. The molecular weight excluding hydrogens is 278 g/mol. The van der Waals surface area contributed by atoms with Gasteiger partial charge in [-0.3, -0.25) is 19.7 Å². The molecule has 21 heavy (non-hydrogen) atoms. The Kier molecular flexibility index (Phi) is 4.69. The van der Waals surface area contributed by atoms with Crippen LogP contribution in [0.5, 0.6) is 0 Å². The van der Waals surface area contributed by atoms with Gasteiger partial charge in [0, 0.05) is 24.6 Å². The molecule has 1 saturated carbocycles. The van der Waals surface area contributed by atoms with Crippen molar-refractivity contribution in [3.05, 3.63) is 38.3 Å². The van der Waals surface area contributed by atoms with Crippen molar-refractivity contribution < 1.29 is 14.8 Å². The Balaban J connectivity index is 2.18. The summed E-state index contributed by atoms with van der Waals surface area (Å²) in [5.41, 5.74) is -1.30. The smallest absolute Gasteiger partial charge is 0.286 e. The Morgan fingerprint density at radius 2 is 2.19 bits per heavy atom. The quantitative estimate of drug-likeness (QED) is 0.553. The van der Waals surface area contributed by atoms with E-state index >= 15 is 0 Å². The van der Waals surface area contributed by atoms with Crippen molar-refractivity contribution in [1.82, 2.24) is 10.3 Å². The number of aromatic amines is 1. The molecule has 2 atom stereocenters. The summed E-state index contributed by atoms with van der Waals surface area (Å²) in [7, 11) is 0. The van der Waals surface area contributed by atoms with Crippen molar-refractivity contribution in [2.45, 2.75) is 31.7 Å². The minimum atomic E-state index is -0.677. The van der Waals surface area contributed by atoms with E-state index in [1.54, 1.807) is 0 Å². The van der Waals surface area contributed by atoms with Crippen LogP contribution in [-0.4, -0.2) is 33.6 Å². The third-order valence-corrected chi connectivity index (χ3v) is 3.80. The largest absolute Gasteiger partial charge is 0.396 e. The Morgan fingerprint density at radius 1 is 1.48 bits per heavy atom. The lowest BCUT2D eigenvalue weighted by Gasteiger charge is -2.30. The fourth-order valence-electron chi connectivity index (χ4n) is 2.61. The van der Waals surface area contributed by atoms with Crippen LogP contribution in [0.1, 0.15) is 36.0 Å². The van der Waals surface area contributed by atoms with E-state index in [0.29, 0.717) is 0 Å². The topological polar surface area (TPSA) is 125 Å². The third-order valence-electron chi connectivity index (χ3n) is 3.80. The van der Waals surface area contributed by atoms with E-state index < -0.39 is 16.4 Å². The maximum absolute atomic E-state index is 12.1. The van der Waals surface area contributed by atoms with Crippen molar-refractivity contribution >= 4 is 11.6 Å². The Hall–Kier alpha value is -2.22. The van der Waals surface area contributed by atoms with Crippen LogP contribution in [0.25, 0.3) is 0 Å². The summed E-state index contributed by atoms with van der Waals surface area (Å²) in [5, 5.41) is 22.7. The Bertz CT molecular complexity index is 598. The van der Waals surface area contributed by atoms with Gasteiger partial charge in [0.1, 0.15) is 5.56 Å².